The Morgan fingerprint density at radius 1 is 1.25 bits per heavy atom. The van der Waals surface area contributed by atoms with Crippen molar-refractivity contribution in [2.45, 2.75) is 13.5 Å². The summed E-state index contributed by atoms with van der Waals surface area (Å²) in [5.74, 6) is -1.31. The first kappa shape index (κ1) is 20.2. The molecule has 2 amide bonds. The van der Waals surface area contributed by atoms with Gasteiger partial charge in [0.05, 0.1) is 4.91 Å². The molecule has 8 heteroatoms. The third-order valence-electron chi connectivity index (χ3n) is 3.90. The number of aryl methyl sites for hydroxylation is 1. The Balaban J connectivity index is 1.84. The fourth-order valence-corrected chi connectivity index (χ4v) is 3.85. The van der Waals surface area contributed by atoms with Crippen LogP contribution in [0.3, 0.4) is 0 Å². The number of carbonyl (C=O) groups excluding carboxylic acids is 2. The highest BCUT2D eigenvalue weighted by atomic mass is 79.9. The fraction of sp³-hybridized carbons (Fsp3) is 0.150. The molecule has 0 aromatic heterocycles. The van der Waals surface area contributed by atoms with Crippen LogP contribution in [0.15, 0.2) is 51.8 Å². The third kappa shape index (κ3) is 4.82. The van der Waals surface area contributed by atoms with E-state index in [1.807, 2.05) is 37.3 Å². The highest BCUT2D eigenvalue weighted by Gasteiger charge is 2.36. The average molecular weight is 462 g/mol. The van der Waals surface area contributed by atoms with Crippen molar-refractivity contribution in [3.8, 4) is 5.75 Å². The summed E-state index contributed by atoms with van der Waals surface area (Å²) in [7, 11) is 0. The number of rotatable bonds is 6. The van der Waals surface area contributed by atoms with Crippen LogP contribution in [-0.2, 0) is 16.2 Å². The maximum absolute atomic E-state index is 12.4. The second kappa shape index (κ2) is 8.62. The minimum absolute atomic E-state index is 0.157. The van der Waals surface area contributed by atoms with Crippen LogP contribution in [-0.4, -0.2) is 33.7 Å². The van der Waals surface area contributed by atoms with Crippen molar-refractivity contribution in [2.24, 2.45) is 0 Å². The van der Waals surface area contributed by atoms with E-state index in [1.54, 1.807) is 18.2 Å². The number of amides is 2. The quantitative estimate of drug-likeness (QED) is 0.639. The van der Waals surface area contributed by atoms with Crippen LogP contribution in [0.2, 0.25) is 0 Å². The van der Waals surface area contributed by atoms with E-state index in [0.29, 0.717) is 34.6 Å². The summed E-state index contributed by atoms with van der Waals surface area (Å²) in [6.07, 6.45) is 1.54. The molecule has 1 fully saturated rings. The molecule has 1 aliphatic rings. The molecule has 1 aliphatic heterocycles. The van der Waals surface area contributed by atoms with Gasteiger partial charge in [-0.15, -0.1) is 0 Å². The Morgan fingerprint density at radius 3 is 2.75 bits per heavy atom. The molecule has 2 aromatic carbocycles. The lowest BCUT2D eigenvalue weighted by Crippen LogP contribution is -2.33. The number of nitrogens with zero attached hydrogens (tertiary/aromatic N) is 1. The molecule has 0 radical (unpaired) electrons. The number of carboxylic acids is 1. The average Bonchev–Trinajstić information content (AvgIpc) is 2.88. The molecule has 144 valence electrons. The van der Waals surface area contributed by atoms with Crippen molar-refractivity contribution in [3.05, 3.63) is 68.5 Å². The maximum atomic E-state index is 12.4. The first-order valence-electron chi connectivity index (χ1n) is 8.28. The zero-order valence-electron chi connectivity index (χ0n) is 14.8. The van der Waals surface area contributed by atoms with Gasteiger partial charge in [-0.3, -0.25) is 19.3 Å². The zero-order valence-corrected chi connectivity index (χ0v) is 17.2. The highest BCUT2D eigenvalue weighted by Crippen LogP contribution is 2.35. The summed E-state index contributed by atoms with van der Waals surface area (Å²) < 4.78 is 6.70. The number of benzene rings is 2. The number of ether oxygens (including phenoxy) is 1. The summed E-state index contributed by atoms with van der Waals surface area (Å²) >= 11 is 4.11. The molecule has 0 unspecified atom stereocenters. The monoisotopic (exact) mass is 461 g/mol. The van der Waals surface area contributed by atoms with Crippen LogP contribution >= 0.6 is 27.7 Å². The molecular weight excluding hydrogens is 446 g/mol. The highest BCUT2D eigenvalue weighted by molar-refractivity contribution is 9.10. The molecule has 0 aliphatic carbocycles. The lowest BCUT2D eigenvalue weighted by molar-refractivity contribution is -0.140. The summed E-state index contributed by atoms with van der Waals surface area (Å²) in [6.45, 7) is 1.70. The van der Waals surface area contributed by atoms with Crippen LogP contribution < -0.4 is 4.74 Å². The Kier molecular flexibility index (Phi) is 6.21. The number of halogens is 1. The van der Waals surface area contributed by atoms with Gasteiger partial charge in [-0.05, 0) is 48.5 Å². The van der Waals surface area contributed by atoms with Crippen molar-refractivity contribution in [1.29, 1.82) is 0 Å². The van der Waals surface area contributed by atoms with Crippen molar-refractivity contribution < 1.29 is 24.2 Å². The largest absolute Gasteiger partial charge is 0.488 e. The number of carboxylic acid groups (broad SMARTS) is 1. The predicted molar refractivity (Wildman–Crippen MR) is 110 cm³/mol. The molecule has 3 rings (SSSR count). The number of thioether (sulfide) groups is 1. The van der Waals surface area contributed by atoms with Gasteiger partial charge in [0.25, 0.3) is 11.1 Å². The van der Waals surface area contributed by atoms with Crippen molar-refractivity contribution in [3.63, 3.8) is 0 Å². The van der Waals surface area contributed by atoms with E-state index in [9.17, 15) is 14.4 Å². The van der Waals surface area contributed by atoms with Gasteiger partial charge in [-0.2, -0.15) is 0 Å². The lowest BCUT2D eigenvalue weighted by atomic mass is 10.1. The Bertz CT molecular complexity index is 988. The van der Waals surface area contributed by atoms with E-state index in [1.165, 1.54) is 0 Å². The van der Waals surface area contributed by atoms with Crippen molar-refractivity contribution >= 4 is 50.9 Å². The maximum Gasteiger partial charge on any atom is 0.323 e. The topological polar surface area (TPSA) is 83.9 Å². The van der Waals surface area contributed by atoms with Crippen molar-refractivity contribution in [2.75, 3.05) is 6.54 Å². The van der Waals surface area contributed by atoms with E-state index in [4.69, 9.17) is 9.84 Å². The van der Waals surface area contributed by atoms with Crippen LogP contribution in [0.5, 0.6) is 5.75 Å². The SMILES string of the molecule is Cc1cccc(COc2ccc(Br)cc2/C=C2/SC(=O)N(CC(=O)O)C2=O)c1. The molecule has 2 aromatic rings. The second-order valence-corrected chi connectivity index (χ2v) is 8.03. The van der Waals surface area contributed by atoms with Gasteiger partial charge in [0.2, 0.25) is 0 Å². The Morgan fingerprint density at radius 2 is 2.04 bits per heavy atom. The molecule has 28 heavy (non-hydrogen) atoms. The van der Waals surface area contributed by atoms with E-state index in [-0.39, 0.29) is 4.91 Å². The van der Waals surface area contributed by atoms with Crippen LogP contribution in [0.25, 0.3) is 6.08 Å². The summed E-state index contributed by atoms with van der Waals surface area (Å²) in [4.78, 5) is 36.0. The zero-order chi connectivity index (χ0) is 20.3. The Labute approximate surface area is 174 Å². The van der Waals surface area contributed by atoms with E-state index in [0.717, 1.165) is 15.6 Å². The fourth-order valence-electron chi connectivity index (χ4n) is 2.64. The van der Waals surface area contributed by atoms with E-state index in [2.05, 4.69) is 15.9 Å². The molecule has 1 N–H and O–H groups in total. The molecule has 0 bridgehead atoms. The van der Waals surface area contributed by atoms with E-state index < -0.39 is 23.7 Å². The summed E-state index contributed by atoms with van der Waals surface area (Å²) in [5, 5.41) is 8.26. The van der Waals surface area contributed by atoms with Gasteiger partial charge < -0.3 is 9.84 Å². The van der Waals surface area contributed by atoms with Crippen LogP contribution in [0.1, 0.15) is 16.7 Å². The molecule has 0 spiro atoms. The normalized spacial score (nSPS) is 15.4. The molecule has 0 saturated carbocycles. The van der Waals surface area contributed by atoms with Crippen LogP contribution in [0, 0.1) is 6.92 Å². The Hall–Kier alpha value is -2.58. The number of aliphatic carboxylic acids is 1. The molecule has 1 heterocycles. The second-order valence-electron chi connectivity index (χ2n) is 6.12. The van der Waals surface area contributed by atoms with Gasteiger partial charge in [0.15, 0.2) is 0 Å². The molecule has 1 saturated heterocycles. The number of carbonyl (C=O) groups is 3. The first-order chi connectivity index (χ1) is 13.3. The minimum Gasteiger partial charge on any atom is -0.488 e. The van der Waals surface area contributed by atoms with Crippen LogP contribution in [0.4, 0.5) is 4.79 Å². The van der Waals surface area contributed by atoms with Gasteiger partial charge in [-0.25, -0.2) is 0 Å². The van der Waals surface area contributed by atoms with E-state index >= 15 is 0 Å². The smallest absolute Gasteiger partial charge is 0.323 e. The number of hydrogen-bond acceptors (Lipinski definition) is 5. The summed E-state index contributed by atoms with van der Waals surface area (Å²) in [6, 6.07) is 13.3. The standard InChI is InChI=1S/C20H16BrNO5S/c1-12-3-2-4-13(7-12)11-27-16-6-5-15(21)8-14(16)9-17-19(25)22(10-18(23)24)20(26)28-17/h2-9H,10-11H2,1H3,(H,23,24)/b17-9+. The third-order valence-corrected chi connectivity index (χ3v) is 5.30. The number of hydrogen-bond donors (Lipinski definition) is 1. The van der Waals surface area contributed by atoms with Gasteiger partial charge >= 0.3 is 5.97 Å². The number of imide groups is 1. The van der Waals surface area contributed by atoms with Crippen molar-refractivity contribution in [1.82, 2.24) is 4.90 Å². The van der Waals surface area contributed by atoms with Gasteiger partial charge in [-0.1, -0.05) is 45.8 Å². The van der Waals surface area contributed by atoms with Gasteiger partial charge in [0, 0.05) is 10.0 Å². The minimum atomic E-state index is -1.24. The lowest BCUT2D eigenvalue weighted by Gasteiger charge is -2.11. The van der Waals surface area contributed by atoms with Gasteiger partial charge in [0.1, 0.15) is 18.9 Å². The summed E-state index contributed by atoms with van der Waals surface area (Å²) in [5.41, 5.74) is 2.75. The predicted octanol–water partition coefficient (Wildman–Crippen LogP) is 4.46. The first-order valence-corrected chi connectivity index (χ1v) is 9.89. The molecule has 0 atom stereocenters. The molecular formula is C20H16BrNO5S. The molecule has 6 nitrogen and oxygen atoms in total.